The van der Waals surface area contributed by atoms with E-state index in [9.17, 15) is 10.2 Å². The van der Waals surface area contributed by atoms with Gasteiger partial charge in [-0.1, -0.05) is 18.2 Å². The van der Waals surface area contributed by atoms with Gasteiger partial charge in [-0.25, -0.2) is 0 Å². The molecule has 2 unspecified atom stereocenters. The molecule has 2 rings (SSSR count). The third-order valence-corrected chi connectivity index (χ3v) is 2.09. The van der Waals surface area contributed by atoms with E-state index < -0.39 is 12.3 Å². The van der Waals surface area contributed by atoms with Crippen LogP contribution < -0.4 is 4.90 Å². The molecule has 0 radical (unpaired) electrons. The third kappa shape index (κ3) is 1.43. The van der Waals surface area contributed by atoms with E-state index in [0.29, 0.717) is 0 Å². The molecule has 0 bridgehead atoms. The van der Waals surface area contributed by atoms with Gasteiger partial charge in [0, 0.05) is 11.9 Å². The molecule has 3 heteroatoms. The molecule has 0 spiro atoms. The molecule has 0 amide bonds. The summed E-state index contributed by atoms with van der Waals surface area (Å²) in [6, 6.07) is 9.45. The molecule has 13 heavy (non-hydrogen) atoms. The molecule has 68 valence electrons. The lowest BCUT2D eigenvalue weighted by Gasteiger charge is -2.22. The second kappa shape index (κ2) is 3.20. The SMILES string of the molecule is OC1C=CN(c2ccccc2)C1O. The maximum atomic E-state index is 9.52. The average molecular weight is 177 g/mol. The zero-order valence-electron chi connectivity index (χ0n) is 7.04. The number of rotatable bonds is 1. The number of aliphatic hydroxyl groups is 2. The van der Waals surface area contributed by atoms with Crippen LogP contribution in [-0.4, -0.2) is 22.5 Å². The Bertz CT molecular complexity index is 310. The van der Waals surface area contributed by atoms with Gasteiger partial charge in [-0.15, -0.1) is 0 Å². The summed E-state index contributed by atoms with van der Waals surface area (Å²) in [5.74, 6) is 0. The number of para-hydroxylation sites is 1. The first-order valence-electron chi connectivity index (χ1n) is 4.17. The van der Waals surface area contributed by atoms with Crippen molar-refractivity contribution in [2.45, 2.75) is 12.3 Å². The maximum Gasteiger partial charge on any atom is 0.160 e. The molecule has 1 aromatic rings. The van der Waals surface area contributed by atoms with Crippen molar-refractivity contribution in [3.63, 3.8) is 0 Å². The number of anilines is 1. The van der Waals surface area contributed by atoms with Crippen LogP contribution in [0.25, 0.3) is 0 Å². The predicted molar refractivity (Wildman–Crippen MR) is 50.1 cm³/mol. The van der Waals surface area contributed by atoms with Crippen LogP contribution in [0.4, 0.5) is 5.69 Å². The summed E-state index contributed by atoms with van der Waals surface area (Å²) in [6.07, 6.45) is 1.60. The standard InChI is InChI=1S/C10H11NO2/c12-9-6-7-11(10(9)13)8-4-2-1-3-5-8/h1-7,9-10,12-13H. The van der Waals surface area contributed by atoms with Gasteiger partial charge in [-0.05, 0) is 18.2 Å². The molecule has 1 aliphatic rings. The van der Waals surface area contributed by atoms with Gasteiger partial charge in [0.15, 0.2) is 6.23 Å². The molecule has 3 nitrogen and oxygen atoms in total. The quantitative estimate of drug-likeness (QED) is 0.663. The van der Waals surface area contributed by atoms with E-state index in [1.54, 1.807) is 17.2 Å². The normalized spacial score (nSPS) is 26.8. The maximum absolute atomic E-state index is 9.52. The monoisotopic (exact) mass is 177 g/mol. The Labute approximate surface area is 76.5 Å². The van der Waals surface area contributed by atoms with E-state index in [-0.39, 0.29) is 0 Å². The van der Waals surface area contributed by atoms with E-state index in [4.69, 9.17) is 0 Å². The Hall–Kier alpha value is -1.32. The van der Waals surface area contributed by atoms with Gasteiger partial charge in [-0.2, -0.15) is 0 Å². The van der Waals surface area contributed by atoms with Gasteiger partial charge in [0.2, 0.25) is 0 Å². The first-order chi connectivity index (χ1) is 6.29. The fourth-order valence-corrected chi connectivity index (χ4v) is 1.37. The second-order valence-corrected chi connectivity index (χ2v) is 2.99. The van der Waals surface area contributed by atoms with Crippen LogP contribution in [0.5, 0.6) is 0 Å². The van der Waals surface area contributed by atoms with E-state index in [1.165, 1.54) is 0 Å². The van der Waals surface area contributed by atoms with E-state index in [1.807, 2.05) is 30.3 Å². The molecule has 0 aliphatic carbocycles. The van der Waals surface area contributed by atoms with Crippen molar-refractivity contribution in [1.82, 2.24) is 0 Å². The lowest BCUT2D eigenvalue weighted by atomic mass is 10.3. The summed E-state index contributed by atoms with van der Waals surface area (Å²) < 4.78 is 0. The minimum atomic E-state index is -0.859. The number of nitrogens with zero attached hydrogens (tertiary/aromatic N) is 1. The van der Waals surface area contributed by atoms with Gasteiger partial charge in [-0.3, -0.25) is 0 Å². The Morgan fingerprint density at radius 1 is 1.08 bits per heavy atom. The molecule has 2 N–H and O–H groups in total. The van der Waals surface area contributed by atoms with Crippen LogP contribution in [0.1, 0.15) is 0 Å². The molecule has 0 aromatic heterocycles. The van der Waals surface area contributed by atoms with Gasteiger partial charge in [0.25, 0.3) is 0 Å². The highest BCUT2D eigenvalue weighted by Crippen LogP contribution is 2.22. The van der Waals surface area contributed by atoms with Crippen LogP contribution in [0, 0.1) is 0 Å². The molecule has 1 aromatic carbocycles. The first kappa shape index (κ1) is 8.29. The van der Waals surface area contributed by atoms with Gasteiger partial charge in [0.05, 0.1) is 0 Å². The Morgan fingerprint density at radius 2 is 1.77 bits per heavy atom. The Morgan fingerprint density at radius 3 is 2.31 bits per heavy atom. The highest BCUT2D eigenvalue weighted by molar-refractivity contribution is 5.51. The van der Waals surface area contributed by atoms with Crippen LogP contribution in [0.2, 0.25) is 0 Å². The number of benzene rings is 1. The van der Waals surface area contributed by atoms with E-state index >= 15 is 0 Å². The van der Waals surface area contributed by atoms with Crippen molar-refractivity contribution >= 4 is 5.69 Å². The molecular formula is C10H11NO2. The number of hydrogen-bond donors (Lipinski definition) is 2. The topological polar surface area (TPSA) is 43.7 Å². The summed E-state index contributed by atoms with van der Waals surface area (Å²) in [6.45, 7) is 0. The molecule has 0 fully saturated rings. The molecule has 2 atom stereocenters. The van der Waals surface area contributed by atoms with Crippen LogP contribution >= 0.6 is 0 Å². The average Bonchev–Trinajstić information content (AvgIpc) is 2.49. The number of hydrogen-bond acceptors (Lipinski definition) is 3. The Kier molecular flexibility index (Phi) is 2.04. The van der Waals surface area contributed by atoms with Crippen molar-refractivity contribution < 1.29 is 10.2 Å². The highest BCUT2D eigenvalue weighted by atomic mass is 16.3. The lowest BCUT2D eigenvalue weighted by Crippen LogP contribution is -2.34. The smallest absolute Gasteiger partial charge is 0.160 e. The second-order valence-electron chi connectivity index (χ2n) is 2.99. The summed E-state index contributed by atoms with van der Waals surface area (Å²) in [4.78, 5) is 1.63. The fraction of sp³-hybridized carbons (Fsp3) is 0.200. The lowest BCUT2D eigenvalue weighted by molar-refractivity contribution is 0.0624. The molecule has 0 saturated heterocycles. The summed E-state index contributed by atoms with van der Waals surface area (Å²) in [5.41, 5.74) is 0.878. The third-order valence-electron chi connectivity index (χ3n) is 2.09. The molecular weight excluding hydrogens is 166 g/mol. The van der Waals surface area contributed by atoms with Crippen molar-refractivity contribution in [3.05, 3.63) is 42.6 Å². The van der Waals surface area contributed by atoms with Crippen LogP contribution in [-0.2, 0) is 0 Å². The van der Waals surface area contributed by atoms with Crippen molar-refractivity contribution in [3.8, 4) is 0 Å². The largest absolute Gasteiger partial charge is 0.384 e. The van der Waals surface area contributed by atoms with Crippen LogP contribution in [0.3, 0.4) is 0 Å². The van der Waals surface area contributed by atoms with E-state index in [0.717, 1.165) is 5.69 Å². The summed E-state index contributed by atoms with van der Waals surface area (Å²) in [7, 11) is 0. The fourth-order valence-electron chi connectivity index (χ4n) is 1.37. The van der Waals surface area contributed by atoms with Gasteiger partial charge < -0.3 is 15.1 Å². The van der Waals surface area contributed by atoms with Crippen molar-refractivity contribution in [2.75, 3.05) is 4.90 Å². The van der Waals surface area contributed by atoms with Gasteiger partial charge >= 0.3 is 0 Å². The minimum Gasteiger partial charge on any atom is -0.384 e. The zero-order chi connectivity index (χ0) is 9.26. The highest BCUT2D eigenvalue weighted by Gasteiger charge is 2.25. The predicted octanol–water partition coefficient (Wildman–Crippen LogP) is 0.700. The molecule has 1 aliphatic heterocycles. The van der Waals surface area contributed by atoms with Crippen molar-refractivity contribution in [2.24, 2.45) is 0 Å². The van der Waals surface area contributed by atoms with Gasteiger partial charge in [0.1, 0.15) is 6.10 Å². The van der Waals surface area contributed by atoms with Crippen molar-refractivity contribution in [1.29, 1.82) is 0 Å². The summed E-state index contributed by atoms with van der Waals surface area (Å²) >= 11 is 0. The summed E-state index contributed by atoms with van der Waals surface area (Å²) in [5, 5.41) is 18.8. The van der Waals surface area contributed by atoms with Crippen LogP contribution in [0.15, 0.2) is 42.6 Å². The minimum absolute atomic E-state index is 0.791. The first-order valence-corrected chi connectivity index (χ1v) is 4.17. The molecule has 1 heterocycles. The number of aliphatic hydroxyl groups excluding tert-OH is 2. The Balaban J connectivity index is 2.24. The van der Waals surface area contributed by atoms with E-state index in [2.05, 4.69) is 0 Å². The zero-order valence-corrected chi connectivity index (χ0v) is 7.04. The molecule has 0 saturated carbocycles.